The SMILES string of the molecule is CCn1nc(COc2ccc(F)cc2)cc1-c1cccc(C#N)c1. The van der Waals surface area contributed by atoms with Crippen LogP contribution in [0.3, 0.4) is 0 Å². The van der Waals surface area contributed by atoms with Gasteiger partial charge in [0.25, 0.3) is 0 Å². The van der Waals surface area contributed by atoms with E-state index in [1.165, 1.54) is 12.1 Å². The second-order valence-electron chi connectivity index (χ2n) is 5.27. The van der Waals surface area contributed by atoms with Gasteiger partial charge in [-0.1, -0.05) is 12.1 Å². The molecule has 1 heterocycles. The van der Waals surface area contributed by atoms with Crippen molar-refractivity contribution < 1.29 is 9.13 Å². The van der Waals surface area contributed by atoms with Crippen molar-refractivity contribution in [3.63, 3.8) is 0 Å². The van der Waals surface area contributed by atoms with Gasteiger partial charge in [0.2, 0.25) is 0 Å². The van der Waals surface area contributed by atoms with Crippen LogP contribution in [0.1, 0.15) is 18.2 Å². The van der Waals surface area contributed by atoms with E-state index < -0.39 is 0 Å². The largest absolute Gasteiger partial charge is 0.487 e. The second-order valence-corrected chi connectivity index (χ2v) is 5.27. The fourth-order valence-corrected chi connectivity index (χ4v) is 2.45. The van der Waals surface area contributed by atoms with Gasteiger partial charge in [0.15, 0.2) is 0 Å². The Morgan fingerprint density at radius 2 is 1.96 bits per heavy atom. The summed E-state index contributed by atoms with van der Waals surface area (Å²) in [6, 6.07) is 17.4. The maximum atomic E-state index is 12.9. The number of aryl methyl sites for hydroxylation is 1. The molecule has 5 heteroatoms. The number of halogens is 1. The number of aromatic nitrogens is 2. The third kappa shape index (κ3) is 3.44. The minimum atomic E-state index is -0.294. The molecule has 24 heavy (non-hydrogen) atoms. The molecule has 0 aliphatic rings. The molecule has 0 bridgehead atoms. The molecule has 0 amide bonds. The first-order chi connectivity index (χ1) is 11.7. The van der Waals surface area contributed by atoms with Crippen molar-refractivity contribution in [2.24, 2.45) is 0 Å². The Bertz CT molecular complexity index is 878. The van der Waals surface area contributed by atoms with Gasteiger partial charge in [-0.25, -0.2) is 4.39 Å². The van der Waals surface area contributed by atoms with E-state index in [-0.39, 0.29) is 5.82 Å². The van der Waals surface area contributed by atoms with Gasteiger partial charge in [0.05, 0.1) is 17.3 Å². The summed E-state index contributed by atoms with van der Waals surface area (Å²) >= 11 is 0. The molecule has 0 spiro atoms. The molecule has 0 aliphatic carbocycles. The maximum Gasteiger partial charge on any atom is 0.132 e. The highest BCUT2D eigenvalue weighted by Gasteiger charge is 2.10. The van der Waals surface area contributed by atoms with Crippen LogP contribution in [-0.2, 0) is 13.2 Å². The van der Waals surface area contributed by atoms with Crippen molar-refractivity contribution in [3.8, 4) is 23.1 Å². The minimum absolute atomic E-state index is 0.294. The molecule has 120 valence electrons. The van der Waals surface area contributed by atoms with Crippen molar-refractivity contribution in [1.82, 2.24) is 9.78 Å². The van der Waals surface area contributed by atoms with Crippen LogP contribution in [0, 0.1) is 17.1 Å². The zero-order valence-corrected chi connectivity index (χ0v) is 13.2. The lowest BCUT2D eigenvalue weighted by molar-refractivity contribution is 0.299. The van der Waals surface area contributed by atoms with Gasteiger partial charge in [-0.2, -0.15) is 10.4 Å². The fourth-order valence-electron chi connectivity index (χ4n) is 2.45. The highest BCUT2D eigenvalue weighted by molar-refractivity contribution is 5.62. The zero-order valence-electron chi connectivity index (χ0n) is 13.2. The Morgan fingerprint density at radius 3 is 2.67 bits per heavy atom. The van der Waals surface area contributed by atoms with Gasteiger partial charge in [-0.3, -0.25) is 4.68 Å². The van der Waals surface area contributed by atoms with Crippen LogP contribution in [0.5, 0.6) is 5.75 Å². The molecule has 1 aromatic heterocycles. The van der Waals surface area contributed by atoms with Crippen LogP contribution in [0.2, 0.25) is 0 Å². The van der Waals surface area contributed by atoms with Crippen LogP contribution in [0.25, 0.3) is 11.3 Å². The van der Waals surface area contributed by atoms with E-state index >= 15 is 0 Å². The normalized spacial score (nSPS) is 10.4. The number of ether oxygens (including phenoxy) is 1. The van der Waals surface area contributed by atoms with Gasteiger partial charge in [-0.05, 0) is 49.4 Å². The van der Waals surface area contributed by atoms with Crippen LogP contribution in [0.15, 0.2) is 54.6 Å². The van der Waals surface area contributed by atoms with Gasteiger partial charge < -0.3 is 4.74 Å². The Balaban J connectivity index is 1.82. The number of nitriles is 1. The number of hydrogen-bond acceptors (Lipinski definition) is 3. The smallest absolute Gasteiger partial charge is 0.132 e. The lowest BCUT2D eigenvalue weighted by Gasteiger charge is -2.04. The second kappa shape index (κ2) is 6.97. The molecule has 3 rings (SSSR count). The van der Waals surface area contributed by atoms with Crippen LogP contribution in [-0.4, -0.2) is 9.78 Å². The molecule has 0 radical (unpaired) electrons. The van der Waals surface area contributed by atoms with Crippen LogP contribution < -0.4 is 4.74 Å². The summed E-state index contributed by atoms with van der Waals surface area (Å²) in [5, 5.41) is 13.6. The predicted molar refractivity (Wildman–Crippen MR) is 88.8 cm³/mol. The molecule has 0 N–H and O–H groups in total. The van der Waals surface area contributed by atoms with E-state index in [9.17, 15) is 4.39 Å². The van der Waals surface area contributed by atoms with Crippen LogP contribution in [0.4, 0.5) is 4.39 Å². The van der Waals surface area contributed by atoms with E-state index in [4.69, 9.17) is 10.00 Å². The summed E-state index contributed by atoms with van der Waals surface area (Å²) < 4.78 is 20.4. The topological polar surface area (TPSA) is 50.8 Å². The highest BCUT2D eigenvalue weighted by Crippen LogP contribution is 2.22. The lowest BCUT2D eigenvalue weighted by atomic mass is 10.1. The lowest BCUT2D eigenvalue weighted by Crippen LogP contribution is -2.01. The number of nitrogens with zero attached hydrogens (tertiary/aromatic N) is 3. The molecular formula is C19H16FN3O. The summed E-state index contributed by atoms with van der Waals surface area (Å²) in [6.07, 6.45) is 0. The van der Waals surface area contributed by atoms with Gasteiger partial charge in [0.1, 0.15) is 23.9 Å². The first kappa shape index (κ1) is 15.8. The molecule has 0 unspecified atom stereocenters. The number of benzene rings is 2. The summed E-state index contributed by atoms with van der Waals surface area (Å²) in [5.74, 6) is 0.299. The number of rotatable bonds is 5. The van der Waals surface area contributed by atoms with Crippen molar-refractivity contribution in [1.29, 1.82) is 5.26 Å². The van der Waals surface area contributed by atoms with E-state index in [0.29, 0.717) is 24.5 Å². The average Bonchev–Trinajstić information content (AvgIpc) is 3.05. The first-order valence-electron chi connectivity index (χ1n) is 7.65. The summed E-state index contributed by atoms with van der Waals surface area (Å²) in [6.45, 7) is 3.02. The third-order valence-electron chi connectivity index (χ3n) is 3.62. The average molecular weight is 321 g/mol. The Kier molecular flexibility index (Phi) is 4.57. The number of hydrogen-bond donors (Lipinski definition) is 0. The quantitative estimate of drug-likeness (QED) is 0.709. The molecule has 3 aromatic rings. The van der Waals surface area contributed by atoms with E-state index in [1.54, 1.807) is 18.2 Å². The molecule has 0 fully saturated rings. The Labute approximate surface area is 139 Å². The van der Waals surface area contributed by atoms with E-state index in [2.05, 4.69) is 11.2 Å². The summed E-state index contributed by atoms with van der Waals surface area (Å²) in [5.41, 5.74) is 3.27. The summed E-state index contributed by atoms with van der Waals surface area (Å²) in [7, 11) is 0. The van der Waals surface area contributed by atoms with E-state index in [1.807, 2.05) is 35.9 Å². The van der Waals surface area contributed by atoms with Gasteiger partial charge in [0, 0.05) is 12.1 Å². The zero-order chi connectivity index (χ0) is 16.9. The molecule has 0 aliphatic heterocycles. The molecule has 0 saturated carbocycles. The molecule has 2 aromatic carbocycles. The van der Waals surface area contributed by atoms with Crippen molar-refractivity contribution >= 4 is 0 Å². The molecule has 0 atom stereocenters. The van der Waals surface area contributed by atoms with Crippen LogP contribution >= 0.6 is 0 Å². The van der Waals surface area contributed by atoms with Crippen molar-refractivity contribution in [3.05, 3.63) is 71.7 Å². The molecule has 0 saturated heterocycles. The molecule has 4 nitrogen and oxygen atoms in total. The third-order valence-corrected chi connectivity index (χ3v) is 3.62. The maximum absolute atomic E-state index is 12.9. The highest BCUT2D eigenvalue weighted by atomic mass is 19.1. The predicted octanol–water partition coefficient (Wildman–Crippen LogP) is 4.16. The van der Waals surface area contributed by atoms with Crippen molar-refractivity contribution in [2.75, 3.05) is 0 Å². The fraction of sp³-hybridized carbons (Fsp3) is 0.158. The minimum Gasteiger partial charge on any atom is -0.487 e. The standard InChI is InChI=1S/C19H16FN3O/c1-2-23-19(15-5-3-4-14(10-15)12-21)11-17(22-23)13-24-18-8-6-16(20)7-9-18/h3-11H,2,13H2,1H3. The van der Waals surface area contributed by atoms with Gasteiger partial charge in [-0.15, -0.1) is 0 Å². The first-order valence-corrected chi connectivity index (χ1v) is 7.65. The Hall–Kier alpha value is -3.13. The Morgan fingerprint density at radius 1 is 1.17 bits per heavy atom. The van der Waals surface area contributed by atoms with Gasteiger partial charge >= 0.3 is 0 Å². The summed E-state index contributed by atoms with van der Waals surface area (Å²) in [4.78, 5) is 0. The molecular weight excluding hydrogens is 305 g/mol. The van der Waals surface area contributed by atoms with E-state index in [0.717, 1.165) is 17.0 Å². The van der Waals surface area contributed by atoms with Crippen molar-refractivity contribution in [2.45, 2.75) is 20.1 Å². The monoisotopic (exact) mass is 321 g/mol.